The van der Waals surface area contributed by atoms with Crippen molar-refractivity contribution in [1.29, 1.82) is 0 Å². The van der Waals surface area contributed by atoms with Gasteiger partial charge in [0.15, 0.2) is 0 Å². The van der Waals surface area contributed by atoms with Crippen molar-refractivity contribution in [2.75, 3.05) is 5.32 Å². The lowest BCUT2D eigenvalue weighted by Gasteiger charge is -2.06. The fourth-order valence-electron chi connectivity index (χ4n) is 2.19. The van der Waals surface area contributed by atoms with Gasteiger partial charge in [-0.05, 0) is 25.1 Å². The molecule has 3 aromatic rings. The maximum absolute atomic E-state index is 12.5. The number of halogens is 1. The summed E-state index contributed by atoms with van der Waals surface area (Å²) in [7, 11) is 0. The number of nitrogens with zero attached hydrogens (tertiary/aromatic N) is 1. The molecular formula is C17H13ClN2O2. The summed E-state index contributed by atoms with van der Waals surface area (Å²) in [6.07, 6.45) is 0. The Bertz CT molecular complexity index is 813. The zero-order chi connectivity index (χ0) is 15.5. The monoisotopic (exact) mass is 312 g/mol. The van der Waals surface area contributed by atoms with Gasteiger partial charge in [-0.1, -0.05) is 53.2 Å². The van der Waals surface area contributed by atoms with Gasteiger partial charge in [0.25, 0.3) is 5.91 Å². The molecule has 1 amide bonds. The Morgan fingerprint density at radius 3 is 2.64 bits per heavy atom. The molecule has 110 valence electrons. The second kappa shape index (κ2) is 6.03. The first kappa shape index (κ1) is 14.4. The molecule has 5 heteroatoms. The fraction of sp³-hybridized carbons (Fsp3) is 0.0588. The summed E-state index contributed by atoms with van der Waals surface area (Å²) >= 11 is 5.93. The largest absolute Gasteiger partial charge is 0.360 e. The van der Waals surface area contributed by atoms with Crippen LogP contribution in [0.25, 0.3) is 11.3 Å². The van der Waals surface area contributed by atoms with Gasteiger partial charge in [0.2, 0.25) is 0 Å². The quantitative estimate of drug-likeness (QED) is 0.771. The van der Waals surface area contributed by atoms with Gasteiger partial charge in [0, 0.05) is 16.3 Å². The first-order valence-electron chi connectivity index (χ1n) is 6.74. The van der Waals surface area contributed by atoms with Crippen LogP contribution in [0.4, 0.5) is 5.69 Å². The van der Waals surface area contributed by atoms with Crippen LogP contribution in [0.3, 0.4) is 0 Å². The molecule has 0 bridgehead atoms. The third-order valence-corrected chi connectivity index (χ3v) is 3.45. The predicted octanol–water partition coefficient (Wildman–Crippen LogP) is 4.56. The number of benzene rings is 2. The van der Waals surface area contributed by atoms with Gasteiger partial charge >= 0.3 is 0 Å². The van der Waals surface area contributed by atoms with Gasteiger partial charge in [-0.15, -0.1) is 0 Å². The third-order valence-electron chi connectivity index (χ3n) is 3.22. The van der Waals surface area contributed by atoms with Gasteiger partial charge < -0.3 is 9.84 Å². The summed E-state index contributed by atoms with van der Waals surface area (Å²) in [5, 5.41) is 7.38. The molecule has 0 saturated carbocycles. The molecule has 1 heterocycles. The highest BCUT2D eigenvalue weighted by Gasteiger charge is 2.21. The number of carbonyl (C=O) groups excluding carboxylic acids is 1. The standard InChI is InChI=1S/C17H13ClN2O2/c1-11-15(16(20-22-11)12-6-3-2-4-7-12)17(21)19-14-9-5-8-13(18)10-14/h2-10H,1H3,(H,19,21). The summed E-state index contributed by atoms with van der Waals surface area (Å²) in [5.41, 5.74) is 2.40. The number of nitrogens with one attached hydrogen (secondary N) is 1. The minimum absolute atomic E-state index is 0.278. The molecule has 3 rings (SSSR count). The average molecular weight is 313 g/mol. The van der Waals surface area contributed by atoms with E-state index in [1.54, 1.807) is 31.2 Å². The molecule has 0 aliphatic heterocycles. The average Bonchev–Trinajstić information content (AvgIpc) is 2.90. The van der Waals surface area contributed by atoms with E-state index < -0.39 is 0 Å². The lowest BCUT2D eigenvalue weighted by molar-refractivity contribution is 0.102. The zero-order valence-electron chi connectivity index (χ0n) is 11.8. The Labute approximate surface area is 132 Å². The number of carbonyl (C=O) groups is 1. The van der Waals surface area contributed by atoms with E-state index in [9.17, 15) is 4.79 Å². The first-order chi connectivity index (χ1) is 10.6. The van der Waals surface area contributed by atoms with Crippen molar-refractivity contribution in [1.82, 2.24) is 5.16 Å². The first-order valence-corrected chi connectivity index (χ1v) is 7.11. The second-order valence-corrected chi connectivity index (χ2v) is 5.23. The number of aryl methyl sites for hydroxylation is 1. The smallest absolute Gasteiger partial charge is 0.261 e. The molecule has 1 aromatic heterocycles. The highest BCUT2D eigenvalue weighted by molar-refractivity contribution is 6.31. The van der Waals surface area contributed by atoms with E-state index in [2.05, 4.69) is 10.5 Å². The Hall–Kier alpha value is -2.59. The molecule has 1 N–H and O–H groups in total. The molecule has 4 nitrogen and oxygen atoms in total. The third kappa shape index (κ3) is 2.87. The van der Waals surface area contributed by atoms with E-state index in [0.717, 1.165) is 5.56 Å². The van der Waals surface area contributed by atoms with Crippen molar-refractivity contribution < 1.29 is 9.32 Å². The van der Waals surface area contributed by atoms with Gasteiger partial charge in [-0.25, -0.2) is 0 Å². The van der Waals surface area contributed by atoms with Gasteiger partial charge in [-0.2, -0.15) is 0 Å². The van der Waals surface area contributed by atoms with Crippen molar-refractivity contribution in [2.45, 2.75) is 6.92 Å². The summed E-state index contributed by atoms with van der Waals surface area (Å²) in [6, 6.07) is 16.4. The van der Waals surface area contributed by atoms with Crippen molar-refractivity contribution in [3.8, 4) is 11.3 Å². The lowest BCUT2D eigenvalue weighted by atomic mass is 10.1. The molecule has 0 aliphatic rings. The van der Waals surface area contributed by atoms with Crippen LogP contribution >= 0.6 is 11.6 Å². The Morgan fingerprint density at radius 2 is 1.91 bits per heavy atom. The van der Waals surface area contributed by atoms with Crippen LogP contribution < -0.4 is 5.32 Å². The summed E-state index contributed by atoms with van der Waals surface area (Å²) in [5.74, 6) is 0.193. The van der Waals surface area contributed by atoms with E-state index in [-0.39, 0.29) is 5.91 Å². The second-order valence-electron chi connectivity index (χ2n) is 4.79. The van der Waals surface area contributed by atoms with Crippen LogP contribution in [0, 0.1) is 6.92 Å². The van der Waals surface area contributed by atoms with Gasteiger partial charge in [0.05, 0.1) is 0 Å². The van der Waals surface area contributed by atoms with Crippen molar-refractivity contribution >= 4 is 23.2 Å². The molecule has 0 radical (unpaired) electrons. The minimum Gasteiger partial charge on any atom is -0.360 e. The number of amides is 1. The Balaban J connectivity index is 1.95. The topological polar surface area (TPSA) is 55.1 Å². The van der Waals surface area contributed by atoms with Crippen LogP contribution in [0.5, 0.6) is 0 Å². The van der Waals surface area contributed by atoms with E-state index in [1.807, 2.05) is 30.3 Å². The van der Waals surface area contributed by atoms with Gasteiger partial charge in [0.1, 0.15) is 17.0 Å². The fourth-order valence-corrected chi connectivity index (χ4v) is 2.38. The lowest BCUT2D eigenvalue weighted by Crippen LogP contribution is -2.13. The highest BCUT2D eigenvalue weighted by atomic mass is 35.5. The van der Waals surface area contributed by atoms with Crippen molar-refractivity contribution in [2.24, 2.45) is 0 Å². The number of hydrogen-bond donors (Lipinski definition) is 1. The summed E-state index contributed by atoms with van der Waals surface area (Å²) in [4.78, 5) is 12.5. The van der Waals surface area contributed by atoms with Crippen molar-refractivity contribution in [3.05, 3.63) is 70.9 Å². The molecule has 0 aliphatic carbocycles. The van der Waals surface area contributed by atoms with Crippen LogP contribution in [0.1, 0.15) is 16.1 Å². The molecule has 0 unspecified atom stereocenters. The van der Waals surface area contributed by atoms with Crippen LogP contribution in [-0.4, -0.2) is 11.1 Å². The van der Waals surface area contributed by atoms with Crippen LogP contribution in [0.15, 0.2) is 59.1 Å². The van der Waals surface area contributed by atoms with E-state index >= 15 is 0 Å². The number of anilines is 1. The summed E-state index contributed by atoms with van der Waals surface area (Å²) < 4.78 is 5.20. The molecule has 0 spiro atoms. The molecule has 0 saturated heterocycles. The van der Waals surface area contributed by atoms with Crippen molar-refractivity contribution in [3.63, 3.8) is 0 Å². The highest BCUT2D eigenvalue weighted by Crippen LogP contribution is 2.26. The molecule has 22 heavy (non-hydrogen) atoms. The SMILES string of the molecule is Cc1onc(-c2ccccc2)c1C(=O)Nc1cccc(Cl)c1. The van der Waals surface area contributed by atoms with Crippen LogP contribution in [-0.2, 0) is 0 Å². The minimum atomic E-state index is -0.278. The van der Waals surface area contributed by atoms with E-state index in [0.29, 0.717) is 27.7 Å². The number of hydrogen-bond acceptors (Lipinski definition) is 3. The zero-order valence-corrected chi connectivity index (χ0v) is 12.6. The van der Waals surface area contributed by atoms with E-state index in [1.165, 1.54) is 0 Å². The molecule has 0 fully saturated rings. The molecule has 2 aromatic carbocycles. The Kier molecular flexibility index (Phi) is 3.94. The predicted molar refractivity (Wildman–Crippen MR) is 86.1 cm³/mol. The maximum atomic E-state index is 12.5. The molecular weight excluding hydrogens is 300 g/mol. The van der Waals surface area contributed by atoms with E-state index in [4.69, 9.17) is 16.1 Å². The number of rotatable bonds is 3. The number of aromatic nitrogens is 1. The molecule has 0 atom stereocenters. The normalized spacial score (nSPS) is 10.5. The maximum Gasteiger partial charge on any atom is 0.261 e. The Morgan fingerprint density at radius 1 is 1.14 bits per heavy atom. The summed E-state index contributed by atoms with van der Waals surface area (Å²) in [6.45, 7) is 1.71. The van der Waals surface area contributed by atoms with Gasteiger partial charge in [-0.3, -0.25) is 4.79 Å². The van der Waals surface area contributed by atoms with Crippen LogP contribution in [0.2, 0.25) is 5.02 Å².